The van der Waals surface area contributed by atoms with Crippen molar-refractivity contribution in [3.8, 4) is 10.6 Å². The Balaban J connectivity index is 1.51. The number of ether oxygens (including phenoxy) is 1. The van der Waals surface area contributed by atoms with Crippen LogP contribution in [0.2, 0.25) is 19.1 Å². The van der Waals surface area contributed by atoms with Gasteiger partial charge in [0.1, 0.15) is 12.6 Å². The lowest BCUT2D eigenvalue weighted by Gasteiger charge is -2.09. The highest BCUT2D eigenvalue weighted by atomic mass is 32.1. The Kier molecular flexibility index (Phi) is 6.45. The number of nitrogens with zero attached hydrogens (tertiary/aromatic N) is 5. The minimum atomic E-state index is -0.588. The van der Waals surface area contributed by atoms with Crippen molar-refractivity contribution in [2.24, 2.45) is 0 Å². The minimum Gasteiger partial charge on any atom is -0.361 e. The first kappa shape index (κ1) is 21.0. The molecular formula is C22H29N5OSSi. The van der Waals surface area contributed by atoms with Gasteiger partial charge in [-0.1, -0.05) is 19.2 Å². The smallest absolute Gasteiger partial charge is 0.156 e. The summed E-state index contributed by atoms with van der Waals surface area (Å²) in [5, 5.41) is 6.78. The zero-order valence-electron chi connectivity index (χ0n) is 18.1. The molecular weight excluding hydrogens is 410 g/mol. The Bertz CT molecular complexity index is 1120. The number of rotatable bonds is 9. The van der Waals surface area contributed by atoms with E-state index in [2.05, 4.69) is 67.4 Å². The fraction of sp³-hybridized carbons (Fsp3) is 0.409. The van der Waals surface area contributed by atoms with Crippen LogP contribution in [0.15, 0.2) is 35.8 Å². The summed E-state index contributed by atoms with van der Waals surface area (Å²) in [5.41, 5.74) is 4.23. The quantitative estimate of drug-likeness (QED) is 0.284. The van der Waals surface area contributed by atoms with Crippen molar-refractivity contribution in [2.45, 2.75) is 52.6 Å². The summed E-state index contributed by atoms with van der Waals surface area (Å²) in [6.45, 7) is 10.2. The van der Waals surface area contributed by atoms with Crippen LogP contribution in [0.1, 0.15) is 22.9 Å². The third kappa shape index (κ3) is 4.88. The van der Waals surface area contributed by atoms with Gasteiger partial charge in [-0.25, -0.2) is 14.5 Å². The Hall–Kier alpha value is -2.29. The summed E-state index contributed by atoms with van der Waals surface area (Å²) < 4.78 is 10.0. The molecule has 4 aromatic rings. The second-order valence-corrected chi connectivity index (χ2v) is 12.5. The third-order valence-electron chi connectivity index (χ3n) is 5.08. The number of imidazole rings is 1. The van der Waals surface area contributed by atoms with E-state index in [0.717, 1.165) is 48.1 Å². The summed E-state index contributed by atoms with van der Waals surface area (Å²) in [7, 11) is -0.588. The highest BCUT2D eigenvalue weighted by Gasteiger charge is 2.13. The van der Waals surface area contributed by atoms with Crippen LogP contribution in [-0.4, -0.2) is 39.6 Å². The van der Waals surface area contributed by atoms with E-state index in [1.54, 1.807) is 11.3 Å². The molecule has 0 aliphatic carbocycles. The van der Waals surface area contributed by atoms with Crippen LogP contribution in [0.5, 0.6) is 0 Å². The van der Waals surface area contributed by atoms with Gasteiger partial charge < -0.3 is 9.30 Å². The topological polar surface area (TPSA) is 57.2 Å². The van der Waals surface area contributed by atoms with Crippen molar-refractivity contribution in [2.75, 3.05) is 6.61 Å². The zero-order valence-corrected chi connectivity index (χ0v) is 20.1. The van der Waals surface area contributed by atoms with Gasteiger partial charge in [-0.15, -0.1) is 11.3 Å². The van der Waals surface area contributed by atoms with Gasteiger partial charge in [0.05, 0.1) is 10.6 Å². The van der Waals surface area contributed by atoms with Crippen molar-refractivity contribution in [3.05, 3.63) is 58.7 Å². The molecule has 0 radical (unpaired) electrons. The predicted octanol–water partition coefficient (Wildman–Crippen LogP) is 4.52. The fourth-order valence-electron chi connectivity index (χ4n) is 3.48. The largest absolute Gasteiger partial charge is 0.361 e. The van der Waals surface area contributed by atoms with Gasteiger partial charge in [0, 0.05) is 40.1 Å². The summed E-state index contributed by atoms with van der Waals surface area (Å²) in [6.07, 6.45) is 3.64. The number of aryl methyl sites for hydroxylation is 4. The predicted molar refractivity (Wildman–Crippen MR) is 125 cm³/mol. The van der Waals surface area contributed by atoms with Crippen LogP contribution in [0, 0.1) is 13.8 Å². The average molecular weight is 440 g/mol. The summed E-state index contributed by atoms with van der Waals surface area (Å²) in [6, 6.07) is 9.58. The highest BCUT2D eigenvalue weighted by Crippen LogP contribution is 2.24. The molecule has 0 N–H and O–H groups in total. The summed E-state index contributed by atoms with van der Waals surface area (Å²) >= 11 is 1.71. The lowest BCUT2D eigenvalue weighted by molar-refractivity contribution is 0.0855. The Morgan fingerprint density at radius 2 is 2.00 bits per heavy atom. The van der Waals surface area contributed by atoms with Crippen molar-refractivity contribution in [3.63, 3.8) is 0 Å². The molecule has 4 aromatic heterocycles. The number of hydrogen-bond acceptors (Lipinski definition) is 5. The number of aromatic nitrogens is 5. The van der Waals surface area contributed by atoms with E-state index in [1.165, 1.54) is 16.5 Å². The molecule has 0 aliphatic rings. The van der Waals surface area contributed by atoms with Crippen molar-refractivity contribution in [1.82, 2.24) is 24.1 Å². The maximum absolute atomic E-state index is 5.96. The van der Waals surface area contributed by atoms with Gasteiger partial charge in [-0.3, -0.25) is 0 Å². The molecule has 0 bridgehead atoms. The molecule has 0 saturated heterocycles. The molecule has 158 valence electrons. The van der Waals surface area contributed by atoms with Crippen LogP contribution in [0.25, 0.3) is 16.2 Å². The molecule has 0 aliphatic heterocycles. The summed E-state index contributed by atoms with van der Waals surface area (Å²) in [4.78, 5) is 10.8. The summed E-state index contributed by atoms with van der Waals surface area (Å²) in [5.74, 6) is 1.87. The van der Waals surface area contributed by atoms with E-state index in [1.807, 2.05) is 4.52 Å². The van der Waals surface area contributed by atoms with Crippen LogP contribution in [0.4, 0.5) is 0 Å². The van der Waals surface area contributed by atoms with E-state index in [-0.39, 0.29) is 0 Å². The van der Waals surface area contributed by atoms with Crippen LogP contribution in [0.3, 0.4) is 0 Å². The Morgan fingerprint density at radius 1 is 1.13 bits per heavy atom. The second kappa shape index (κ2) is 9.24. The molecule has 0 spiro atoms. The lowest BCUT2D eigenvalue weighted by atomic mass is 10.2. The first-order valence-corrected chi connectivity index (χ1v) is 14.5. The van der Waals surface area contributed by atoms with Crippen molar-refractivity contribution < 1.29 is 4.74 Å². The molecule has 8 heteroatoms. The van der Waals surface area contributed by atoms with Gasteiger partial charge >= 0.3 is 0 Å². The van der Waals surface area contributed by atoms with Gasteiger partial charge in [0.2, 0.25) is 0 Å². The molecule has 4 rings (SSSR count). The first-order chi connectivity index (χ1) is 14.5. The van der Waals surface area contributed by atoms with Crippen LogP contribution < -0.4 is 0 Å². The van der Waals surface area contributed by atoms with Gasteiger partial charge in [0.25, 0.3) is 0 Å². The van der Waals surface area contributed by atoms with Crippen molar-refractivity contribution >= 4 is 25.8 Å². The Labute approximate surface area is 183 Å². The average Bonchev–Trinajstić information content (AvgIpc) is 3.42. The highest BCUT2D eigenvalue weighted by molar-refractivity contribution is 7.13. The number of thiophene rings is 1. The zero-order chi connectivity index (χ0) is 21.1. The monoisotopic (exact) mass is 439 g/mol. The van der Waals surface area contributed by atoms with Gasteiger partial charge in [0.15, 0.2) is 11.5 Å². The van der Waals surface area contributed by atoms with E-state index < -0.39 is 8.80 Å². The molecule has 6 nitrogen and oxygen atoms in total. The maximum Gasteiger partial charge on any atom is 0.156 e. The third-order valence-corrected chi connectivity index (χ3v) is 7.36. The maximum atomic E-state index is 5.96. The molecule has 0 saturated carbocycles. The molecule has 0 atom stereocenters. The lowest BCUT2D eigenvalue weighted by Crippen LogP contribution is -2.11. The van der Waals surface area contributed by atoms with E-state index in [4.69, 9.17) is 19.8 Å². The van der Waals surface area contributed by atoms with E-state index in [0.29, 0.717) is 6.73 Å². The Morgan fingerprint density at radius 3 is 2.77 bits per heavy atom. The molecule has 0 aromatic carbocycles. The van der Waals surface area contributed by atoms with Gasteiger partial charge in [-0.2, -0.15) is 5.10 Å². The fourth-order valence-corrected chi connectivity index (χ4v) is 4.80. The normalized spacial score (nSPS) is 11.8. The van der Waals surface area contributed by atoms with Crippen LogP contribution in [-0.2, 0) is 24.3 Å². The molecule has 0 fully saturated rings. The molecule has 4 heterocycles. The van der Waals surface area contributed by atoms with Crippen LogP contribution >= 0.6 is 11.3 Å². The standard InChI is InChI=1S/C22H29N5OSSi/c1-16-12-17(2)27-22(13-16)24-20(25-27)7-8-21-23-18(19-6-5-10-29-19)14-26(21)15-28-9-11-30(3)4/h5-6,10,12-14,30H,7-9,11,15H2,1-4H3. The first-order valence-electron chi connectivity index (χ1n) is 10.5. The number of fused-ring (bicyclic) bond motifs is 1. The number of hydrogen-bond donors (Lipinski definition) is 0. The SMILES string of the molecule is Cc1cc(C)n2nc(CCc3nc(-c4cccs4)cn3COCC[SiH](C)C)nc2c1. The second-order valence-electron chi connectivity index (χ2n) is 8.18. The molecule has 0 amide bonds. The van der Waals surface area contributed by atoms with E-state index >= 15 is 0 Å². The molecule has 30 heavy (non-hydrogen) atoms. The van der Waals surface area contributed by atoms with Crippen molar-refractivity contribution in [1.29, 1.82) is 0 Å². The van der Waals surface area contributed by atoms with E-state index in [9.17, 15) is 0 Å². The minimum absolute atomic E-state index is 0.547. The molecule has 0 unspecified atom stereocenters. The number of pyridine rings is 1. The van der Waals surface area contributed by atoms with Gasteiger partial charge in [-0.05, 0) is 49.0 Å².